The Morgan fingerprint density at radius 2 is 1.92 bits per heavy atom. The Morgan fingerprint density at radius 1 is 1.21 bits per heavy atom. The van der Waals surface area contributed by atoms with Crippen LogP contribution < -0.4 is 15.4 Å². The van der Waals surface area contributed by atoms with Crippen LogP contribution in [0.25, 0.3) is 0 Å². The highest BCUT2D eigenvalue weighted by Gasteiger charge is 2.23. The summed E-state index contributed by atoms with van der Waals surface area (Å²) in [5.74, 6) is -0.447. The second-order valence-corrected chi connectivity index (χ2v) is 7.16. The van der Waals surface area contributed by atoms with E-state index < -0.39 is 16.1 Å². The first-order valence-corrected chi connectivity index (χ1v) is 9.13. The summed E-state index contributed by atoms with van der Waals surface area (Å²) in [5, 5.41) is 5.20. The van der Waals surface area contributed by atoms with Gasteiger partial charge in [0.2, 0.25) is 21.8 Å². The number of sulfonamides is 1. The van der Waals surface area contributed by atoms with Crippen LogP contribution in [0.15, 0.2) is 29.2 Å². The van der Waals surface area contributed by atoms with E-state index in [1.165, 1.54) is 31.2 Å². The van der Waals surface area contributed by atoms with E-state index in [1.807, 2.05) is 0 Å². The Kier molecular flexibility index (Phi) is 6.29. The smallest absolute Gasteiger partial charge is 0.249 e. The Bertz CT molecular complexity index is 682. The number of carbonyl (C=O) groups is 2. The monoisotopic (exact) mass is 355 g/mol. The number of nitrogens with one attached hydrogen (secondary N) is 3. The second kappa shape index (κ2) is 8.22. The molecule has 1 heterocycles. The predicted molar refractivity (Wildman–Crippen MR) is 87.9 cm³/mol. The molecule has 1 aliphatic rings. The first-order chi connectivity index (χ1) is 11.4. The van der Waals surface area contributed by atoms with Gasteiger partial charge in [-0.2, -0.15) is 0 Å². The molecule has 9 heteroatoms. The summed E-state index contributed by atoms with van der Waals surface area (Å²) in [6, 6.07) is 5.82. The fraction of sp³-hybridized carbons (Fsp3) is 0.467. The number of benzene rings is 1. The molecule has 8 nitrogen and oxygen atoms in total. The molecule has 1 aromatic carbocycles. The maximum Gasteiger partial charge on any atom is 0.249 e. The summed E-state index contributed by atoms with van der Waals surface area (Å²) in [4.78, 5) is 22.7. The largest absolute Gasteiger partial charge is 0.368 e. The van der Waals surface area contributed by atoms with Gasteiger partial charge in [-0.3, -0.25) is 9.59 Å². The van der Waals surface area contributed by atoms with Crippen molar-refractivity contribution in [1.82, 2.24) is 10.0 Å². The van der Waals surface area contributed by atoms with Crippen LogP contribution in [0.5, 0.6) is 0 Å². The van der Waals surface area contributed by atoms with Gasteiger partial charge in [-0.15, -0.1) is 0 Å². The lowest BCUT2D eigenvalue weighted by Gasteiger charge is -2.11. The highest BCUT2D eigenvalue weighted by Crippen LogP contribution is 2.14. The summed E-state index contributed by atoms with van der Waals surface area (Å²) in [7, 11) is -3.67. The number of amides is 2. The number of hydrogen-bond donors (Lipinski definition) is 3. The van der Waals surface area contributed by atoms with Crippen LogP contribution in [0.1, 0.15) is 19.8 Å². The molecule has 0 spiro atoms. The third-order valence-corrected chi connectivity index (χ3v) is 4.90. The highest BCUT2D eigenvalue weighted by molar-refractivity contribution is 7.89. The molecule has 0 saturated carbocycles. The third kappa shape index (κ3) is 5.29. The van der Waals surface area contributed by atoms with Crippen LogP contribution in [0.2, 0.25) is 0 Å². The van der Waals surface area contributed by atoms with Gasteiger partial charge in [0.1, 0.15) is 6.10 Å². The van der Waals surface area contributed by atoms with Crippen LogP contribution in [0, 0.1) is 0 Å². The van der Waals surface area contributed by atoms with E-state index in [-0.39, 0.29) is 29.8 Å². The molecule has 1 aliphatic heterocycles. The summed E-state index contributed by atoms with van der Waals surface area (Å²) in [6.07, 6.45) is 1.13. The van der Waals surface area contributed by atoms with Crippen molar-refractivity contribution in [2.75, 3.05) is 25.0 Å². The van der Waals surface area contributed by atoms with Crippen LogP contribution in [-0.4, -0.2) is 46.0 Å². The van der Waals surface area contributed by atoms with Crippen molar-refractivity contribution < 1.29 is 22.7 Å². The first kappa shape index (κ1) is 18.4. The lowest BCUT2D eigenvalue weighted by Crippen LogP contribution is -2.39. The molecule has 2 rings (SSSR count). The predicted octanol–water partition coefficient (Wildman–Crippen LogP) is 0.219. The van der Waals surface area contributed by atoms with Crippen LogP contribution >= 0.6 is 0 Å². The zero-order chi connectivity index (χ0) is 17.6. The highest BCUT2D eigenvalue weighted by atomic mass is 32.2. The van der Waals surface area contributed by atoms with Crippen LogP contribution in [0.4, 0.5) is 5.69 Å². The second-order valence-electron chi connectivity index (χ2n) is 5.40. The van der Waals surface area contributed by atoms with Gasteiger partial charge in [-0.1, -0.05) is 0 Å². The average molecular weight is 355 g/mol. The molecule has 1 unspecified atom stereocenters. The van der Waals surface area contributed by atoms with E-state index >= 15 is 0 Å². The van der Waals surface area contributed by atoms with Crippen molar-refractivity contribution in [3.63, 3.8) is 0 Å². The zero-order valence-corrected chi connectivity index (χ0v) is 14.2. The Balaban J connectivity index is 1.80. The third-order valence-electron chi connectivity index (χ3n) is 3.42. The Labute approximate surface area is 141 Å². The zero-order valence-electron chi connectivity index (χ0n) is 13.4. The van der Waals surface area contributed by atoms with Crippen molar-refractivity contribution in [2.45, 2.75) is 30.8 Å². The minimum absolute atomic E-state index is 0.0776. The molecule has 24 heavy (non-hydrogen) atoms. The SMILES string of the molecule is CC(=O)Nc1ccc(S(=O)(=O)NCCNC(=O)C2CCCO2)cc1. The topological polar surface area (TPSA) is 114 Å². The molecule has 0 bridgehead atoms. The molecular weight excluding hydrogens is 334 g/mol. The first-order valence-electron chi connectivity index (χ1n) is 7.65. The fourth-order valence-electron chi connectivity index (χ4n) is 2.27. The Hall–Kier alpha value is -1.97. The molecule has 0 aromatic heterocycles. The quantitative estimate of drug-likeness (QED) is 0.606. The van der Waals surface area contributed by atoms with Gasteiger partial charge in [0.15, 0.2) is 0 Å². The maximum absolute atomic E-state index is 12.1. The molecule has 0 aliphatic carbocycles. The van der Waals surface area contributed by atoms with Gasteiger partial charge in [0, 0.05) is 32.3 Å². The minimum Gasteiger partial charge on any atom is -0.368 e. The summed E-state index contributed by atoms with van der Waals surface area (Å²) >= 11 is 0. The van der Waals surface area contributed by atoms with Gasteiger partial charge in [0.25, 0.3) is 0 Å². The number of ether oxygens (including phenoxy) is 1. The number of hydrogen-bond acceptors (Lipinski definition) is 5. The lowest BCUT2D eigenvalue weighted by atomic mass is 10.2. The van der Waals surface area contributed by atoms with Crippen molar-refractivity contribution in [1.29, 1.82) is 0 Å². The van der Waals surface area contributed by atoms with E-state index in [0.717, 1.165) is 6.42 Å². The summed E-state index contributed by atoms with van der Waals surface area (Å²) in [6.45, 7) is 2.21. The van der Waals surface area contributed by atoms with Gasteiger partial charge in [0.05, 0.1) is 4.90 Å². The van der Waals surface area contributed by atoms with Crippen molar-refractivity contribution in [2.24, 2.45) is 0 Å². The van der Waals surface area contributed by atoms with Gasteiger partial charge in [-0.25, -0.2) is 13.1 Å². The normalized spacial score (nSPS) is 17.5. The molecule has 0 radical (unpaired) electrons. The maximum atomic E-state index is 12.1. The fourth-order valence-corrected chi connectivity index (χ4v) is 3.31. The number of rotatable bonds is 7. The van der Waals surface area contributed by atoms with Gasteiger partial charge in [-0.05, 0) is 37.1 Å². The van der Waals surface area contributed by atoms with E-state index in [0.29, 0.717) is 18.7 Å². The molecule has 1 aromatic rings. The van der Waals surface area contributed by atoms with E-state index in [9.17, 15) is 18.0 Å². The Morgan fingerprint density at radius 3 is 2.50 bits per heavy atom. The standard InChI is InChI=1S/C15H21N3O5S/c1-11(19)18-12-4-6-13(7-5-12)24(21,22)17-9-8-16-15(20)14-3-2-10-23-14/h4-7,14,17H,2-3,8-10H2,1H3,(H,16,20)(H,18,19). The molecule has 2 amide bonds. The van der Waals surface area contributed by atoms with E-state index in [2.05, 4.69) is 15.4 Å². The van der Waals surface area contributed by atoms with E-state index in [4.69, 9.17) is 4.74 Å². The van der Waals surface area contributed by atoms with Crippen LogP contribution in [-0.2, 0) is 24.3 Å². The minimum atomic E-state index is -3.67. The molecule has 1 saturated heterocycles. The summed E-state index contributed by atoms with van der Waals surface area (Å²) in [5.41, 5.74) is 0.519. The molecule has 3 N–H and O–H groups in total. The molecule has 132 valence electrons. The summed E-state index contributed by atoms with van der Waals surface area (Å²) < 4.78 is 31.9. The van der Waals surface area contributed by atoms with E-state index in [1.54, 1.807) is 0 Å². The van der Waals surface area contributed by atoms with Crippen molar-refractivity contribution in [3.05, 3.63) is 24.3 Å². The average Bonchev–Trinajstić information content (AvgIpc) is 3.06. The van der Waals surface area contributed by atoms with Crippen molar-refractivity contribution in [3.8, 4) is 0 Å². The number of carbonyl (C=O) groups excluding carboxylic acids is 2. The van der Waals surface area contributed by atoms with Gasteiger partial charge >= 0.3 is 0 Å². The van der Waals surface area contributed by atoms with Crippen LogP contribution in [0.3, 0.4) is 0 Å². The molecule has 1 atom stereocenters. The lowest BCUT2D eigenvalue weighted by molar-refractivity contribution is -0.130. The van der Waals surface area contributed by atoms with Gasteiger partial charge < -0.3 is 15.4 Å². The van der Waals surface area contributed by atoms with Crippen molar-refractivity contribution >= 4 is 27.5 Å². The number of anilines is 1. The molecular formula is C15H21N3O5S. The molecule has 1 fully saturated rings.